The highest BCUT2D eigenvalue weighted by Gasteiger charge is 2.39. The Labute approximate surface area is 105 Å². The highest BCUT2D eigenvalue weighted by atomic mass is 19.4. The van der Waals surface area contributed by atoms with Crippen LogP contribution in [0.2, 0.25) is 0 Å². The first-order valence-corrected chi connectivity index (χ1v) is 4.49. The number of rotatable bonds is 4. The van der Waals surface area contributed by atoms with Crippen molar-refractivity contribution in [2.75, 3.05) is 0 Å². The van der Waals surface area contributed by atoms with Gasteiger partial charge >= 0.3 is 23.9 Å². The molecule has 0 aliphatic heterocycles. The summed E-state index contributed by atoms with van der Waals surface area (Å²) in [7, 11) is 0. The summed E-state index contributed by atoms with van der Waals surface area (Å²) in [5.74, 6) is -3.81. The molecule has 1 aromatic rings. The number of nitrogens with zero attached hydrogens (tertiary/aromatic N) is 2. The van der Waals surface area contributed by atoms with Gasteiger partial charge < -0.3 is 9.84 Å². The van der Waals surface area contributed by atoms with Crippen LogP contribution in [0.4, 0.5) is 27.6 Å². The molecule has 1 rings (SSSR count). The van der Waals surface area contributed by atoms with Gasteiger partial charge in [-0.1, -0.05) is 0 Å². The van der Waals surface area contributed by atoms with E-state index in [1.54, 1.807) is 0 Å². The van der Waals surface area contributed by atoms with Crippen molar-refractivity contribution in [2.24, 2.45) is 0 Å². The molecule has 0 bridgehead atoms. The van der Waals surface area contributed by atoms with Gasteiger partial charge in [-0.25, -0.2) is 13.6 Å². The van der Waals surface area contributed by atoms with E-state index in [2.05, 4.69) is 9.72 Å². The molecule has 0 atom stereocenters. The SMILES string of the molecule is O=C(O)c1cc(C(F)F)c([N+](=O)[O-])c(OC(F)(F)F)n1. The first-order chi connectivity index (χ1) is 9.03. The molecule has 110 valence electrons. The van der Waals surface area contributed by atoms with E-state index < -0.39 is 46.5 Å². The first kappa shape index (κ1) is 15.5. The molecule has 0 unspecified atom stereocenters. The normalized spacial score (nSPS) is 11.5. The molecule has 12 heteroatoms. The summed E-state index contributed by atoms with van der Waals surface area (Å²) in [5.41, 5.74) is -4.53. The Balaban J connectivity index is 3.59. The zero-order valence-corrected chi connectivity index (χ0v) is 9.02. The number of aromatic carboxylic acids is 1. The third kappa shape index (κ3) is 3.49. The zero-order chi connectivity index (χ0) is 15.7. The molecule has 0 radical (unpaired) electrons. The van der Waals surface area contributed by atoms with Crippen LogP contribution < -0.4 is 4.74 Å². The molecule has 7 nitrogen and oxygen atoms in total. The minimum atomic E-state index is -5.46. The van der Waals surface area contributed by atoms with Crippen LogP contribution in [0.1, 0.15) is 22.5 Å². The van der Waals surface area contributed by atoms with Gasteiger partial charge in [0.1, 0.15) is 5.56 Å². The summed E-state index contributed by atoms with van der Waals surface area (Å²) in [6.07, 6.45) is -9.05. The van der Waals surface area contributed by atoms with E-state index in [1.165, 1.54) is 0 Å². The smallest absolute Gasteiger partial charge is 0.477 e. The molecule has 0 aliphatic rings. The zero-order valence-electron chi connectivity index (χ0n) is 9.02. The van der Waals surface area contributed by atoms with Crippen LogP contribution in [0.5, 0.6) is 5.88 Å². The number of hydrogen-bond donors (Lipinski definition) is 1. The lowest BCUT2D eigenvalue weighted by Gasteiger charge is -2.11. The van der Waals surface area contributed by atoms with Gasteiger partial charge in [-0.15, -0.1) is 13.2 Å². The molecule has 1 aromatic heterocycles. The lowest BCUT2D eigenvalue weighted by atomic mass is 10.2. The summed E-state index contributed by atoms with van der Waals surface area (Å²) < 4.78 is 64.4. The second kappa shape index (κ2) is 5.22. The van der Waals surface area contributed by atoms with Crippen molar-refractivity contribution in [3.63, 3.8) is 0 Å². The standard InChI is InChI=1S/C8H3F5N2O5/c9-5(10)2-1-3(7(16)17)14-6(4(2)15(18)19)20-8(11,12)13/h1,5H,(H,16,17). The van der Waals surface area contributed by atoms with Crippen molar-refractivity contribution in [2.45, 2.75) is 12.8 Å². The third-order valence-electron chi connectivity index (χ3n) is 1.84. The summed E-state index contributed by atoms with van der Waals surface area (Å²) in [6, 6.07) is 0.106. The van der Waals surface area contributed by atoms with Crippen LogP contribution in [0.3, 0.4) is 0 Å². The number of hydrogen-bond acceptors (Lipinski definition) is 5. The maximum Gasteiger partial charge on any atom is 0.574 e. The molecule has 0 saturated carbocycles. The lowest BCUT2D eigenvalue weighted by molar-refractivity contribution is -0.390. The molecule has 0 aliphatic carbocycles. The van der Waals surface area contributed by atoms with Crippen LogP contribution in [-0.2, 0) is 0 Å². The Kier molecular flexibility index (Phi) is 4.06. The molecule has 0 saturated heterocycles. The average molecular weight is 302 g/mol. The van der Waals surface area contributed by atoms with Crippen molar-refractivity contribution in [3.8, 4) is 5.88 Å². The van der Waals surface area contributed by atoms with E-state index in [9.17, 15) is 36.9 Å². The fraction of sp³-hybridized carbons (Fsp3) is 0.250. The monoisotopic (exact) mass is 302 g/mol. The van der Waals surface area contributed by atoms with E-state index in [0.717, 1.165) is 0 Å². The number of nitro groups is 1. The Morgan fingerprint density at radius 3 is 2.35 bits per heavy atom. The maximum atomic E-state index is 12.6. The molecule has 0 spiro atoms. The van der Waals surface area contributed by atoms with Gasteiger partial charge in [0, 0.05) is 0 Å². The van der Waals surface area contributed by atoms with Crippen molar-refractivity contribution >= 4 is 11.7 Å². The molecule has 1 N–H and O–H groups in total. The van der Waals surface area contributed by atoms with Crippen LogP contribution >= 0.6 is 0 Å². The largest absolute Gasteiger partial charge is 0.574 e. The van der Waals surface area contributed by atoms with Crippen molar-refractivity contribution in [3.05, 3.63) is 27.4 Å². The Bertz CT molecular complexity index is 559. The summed E-state index contributed by atoms with van der Waals surface area (Å²) in [5, 5.41) is 19.1. The minimum absolute atomic E-state index is 0.106. The Hall–Kier alpha value is -2.53. The predicted octanol–water partition coefficient (Wildman–Crippen LogP) is 2.52. The second-order valence-electron chi connectivity index (χ2n) is 3.16. The van der Waals surface area contributed by atoms with Crippen LogP contribution in [0, 0.1) is 10.1 Å². The molecular formula is C8H3F5N2O5. The van der Waals surface area contributed by atoms with Gasteiger partial charge in [0.15, 0.2) is 5.69 Å². The number of carbonyl (C=O) groups is 1. The van der Waals surface area contributed by atoms with E-state index >= 15 is 0 Å². The fourth-order valence-electron chi connectivity index (χ4n) is 1.17. The summed E-state index contributed by atoms with van der Waals surface area (Å²) in [6.45, 7) is 0. The van der Waals surface area contributed by atoms with Gasteiger partial charge in [-0.05, 0) is 6.07 Å². The van der Waals surface area contributed by atoms with Crippen molar-refractivity contribution in [1.82, 2.24) is 4.98 Å². The number of carboxylic acids is 1. The Morgan fingerprint density at radius 2 is 2.00 bits per heavy atom. The van der Waals surface area contributed by atoms with E-state index in [0.29, 0.717) is 0 Å². The summed E-state index contributed by atoms with van der Waals surface area (Å²) >= 11 is 0. The quantitative estimate of drug-likeness (QED) is 0.521. The molecule has 20 heavy (non-hydrogen) atoms. The number of ether oxygens (including phenoxy) is 1. The van der Waals surface area contributed by atoms with Gasteiger partial charge in [0.25, 0.3) is 6.43 Å². The van der Waals surface area contributed by atoms with Crippen LogP contribution in [-0.4, -0.2) is 27.3 Å². The van der Waals surface area contributed by atoms with Crippen LogP contribution in [0.15, 0.2) is 6.07 Å². The van der Waals surface area contributed by atoms with E-state index in [-0.39, 0.29) is 6.07 Å². The van der Waals surface area contributed by atoms with Crippen molar-refractivity contribution < 1.29 is 41.5 Å². The van der Waals surface area contributed by atoms with Gasteiger partial charge in [-0.3, -0.25) is 10.1 Å². The topological polar surface area (TPSA) is 103 Å². The number of pyridine rings is 1. The molecule has 0 aromatic carbocycles. The molecule has 1 heterocycles. The van der Waals surface area contributed by atoms with E-state index in [1.807, 2.05) is 0 Å². The van der Waals surface area contributed by atoms with E-state index in [4.69, 9.17) is 5.11 Å². The molecular weight excluding hydrogens is 299 g/mol. The van der Waals surface area contributed by atoms with Crippen molar-refractivity contribution in [1.29, 1.82) is 0 Å². The second-order valence-corrected chi connectivity index (χ2v) is 3.16. The average Bonchev–Trinajstić information content (AvgIpc) is 2.24. The molecule has 0 fully saturated rings. The predicted molar refractivity (Wildman–Crippen MR) is 49.5 cm³/mol. The number of aromatic nitrogens is 1. The fourth-order valence-corrected chi connectivity index (χ4v) is 1.17. The molecule has 0 amide bonds. The lowest BCUT2D eigenvalue weighted by Crippen LogP contribution is -2.20. The highest BCUT2D eigenvalue weighted by Crippen LogP contribution is 2.38. The Morgan fingerprint density at radius 1 is 1.45 bits per heavy atom. The minimum Gasteiger partial charge on any atom is -0.477 e. The third-order valence-corrected chi connectivity index (χ3v) is 1.84. The number of alkyl halides is 5. The van der Waals surface area contributed by atoms with Gasteiger partial charge in [0.2, 0.25) is 0 Å². The van der Waals surface area contributed by atoms with Gasteiger partial charge in [-0.2, -0.15) is 4.98 Å². The summed E-state index contributed by atoms with van der Waals surface area (Å²) in [4.78, 5) is 22.2. The van der Waals surface area contributed by atoms with Gasteiger partial charge in [0.05, 0.1) is 4.92 Å². The number of halogens is 5. The highest BCUT2D eigenvalue weighted by molar-refractivity contribution is 5.86. The number of carboxylic acid groups (broad SMARTS) is 1. The maximum absolute atomic E-state index is 12.6. The van der Waals surface area contributed by atoms with Crippen LogP contribution in [0.25, 0.3) is 0 Å². The first-order valence-electron chi connectivity index (χ1n) is 4.49.